The Bertz CT molecular complexity index is 421. The first-order valence-corrected chi connectivity index (χ1v) is 8.29. The van der Waals surface area contributed by atoms with Crippen LogP contribution in [0.5, 0.6) is 0 Å². The van der Waals surface area contributed by atoms with Crippen LogP contribution in [0.4, 0.5) is 4.39 Å². The number of carbonyl (C=O) groups is 1. The van der Waals surface area contributed by atoms with E-state index in [-0.39, 0.29) is 11.4 Å². The highest BCUT2D eigenvalue weighted by atomic mass is 32.2. The topological polar surface area (TPSA) is 37.3 Å². The van der Waals surface area contributed by atoms with Gasteiger partial charge < -0.3 is 5.11 Å². The number of aromatic carboxylic acids is 1. The Kier molecular flexibility index (Phi) is 8.35. The van der Waals surface area contributed by atoms with E-state index in [9.17, 15) is 9.18 Å². The van der Waals surface area contributed by atoms with Crippen LogP contribution in [0.3, 0.4) is 0 Å². The maximum Gasteiger partial charge on any atom is 0.335 e. The van der Waals surface area contributed by atoms with Crippen molar-refractivity contribution in [3.63, 3.8) is 0 Å². The lowest BCUT2D eigenvalue weighted by atomic mass is 10.1. The van der Waals surface area contributed by atoms with Gasteiger partial charge in [-0.2, -0.15) is 0 Å². The van der Waals surface area contributed by atoms with Gasteiger partial charge in [0.25, 0.3) is 0 Å². The molecule has 0 saturated heterocycles. The van der Waals surface area contributed by atoms with Gasteiger partial charge in [0.1, 0.15) is 5.82 Å². The molecule has 4 heteroatoms. The molecule has 0 aromatic heterocycles. The number of carboxylic acids is 1. The van der Waals surface area contributed by atoms with E-state index in [1.165, 1.54) is 62.1 Å². The fourth-order valence-electron chi connectivity index (χ4n) is 1.99. The van der Waals surface area contributed by atoms with Crippen LogP contribution in [0, 0.1) is 5.82 Å². The van der Waals surface area contributed by atoms with Gasteiger partial charge in [0.2, 0.25) is 0 Å². The number of benzene rings is 1. The van der Waals surface area contributed by atoms with Gasteiger partial charge in [-0.15, -0.1) is 11.8 Å². The number of hydrogen-bond acceptors (Lipinski definition) is 2. The summed E-state index contributed by atoms with van der Waals surface area (Å²) >= 11 is 1.41. The standard InChI is InChI=1S/C16H23FO2S/c1-2-3-4-5-6-7-8-11-20-15-12-13(16(18)19)9-10-14(15)17/h9-10,12H,2-8,11H2,1H3,(H,18,19). The molecular formula is C16H23FO2S. The van der Waals surface area contributed by atoms with E-state index >= 15 is 0 Å². The highest BCUT2D eigenvalue weighted by Gasteiger charge is 2.08. The largest absolute Gasteiger partial charge is 0.478 e. The summed E-state index contributed by atoms with van der Waals surface area (Å²) in [6.07, 6.45) is 8.60. The molecule has 0 radical (unpaired) electrons. The lowest BCUT2D eigenvalue weighted by molar-refractivity contribution is 0.0696. The number of carboxylic acid groups (broad SMARTS) is 1. The van der Waals surface area contributed by atoms with Crippen LogP contribution in [-0.2, 0) is 0 Å². The van der Waals surface area contributed by atoms with Crippen molar-refractivity contribution in [1.29, 1.82) is 0 Å². The summed E-state index contributed by atoms with van der Waals surface area (Å²) in [6.45, 7) is 2.20. The summed E-state index contributed by atoms with van der Waals surface area (Å²) in [5.74, 6) is -0.501. The third-order valence-electron chi connectivity index (χ3n) is 3.18. The highest BCUT2D eigenvalue weighted by Crippen LogP contribution is 2.24. The number of hydrogen-bond donors (Lipinski definition) is 1. The molecule has 1 N–H and O–H groups in total. The Hall–Kier alpha value is -1.03. The summed E-state index contributed by atoms with van der Waals surface area (Å²) in [5.41, 5.74) is 0.147. The van der Waals surface area contributed by atoms with Crippen molar-refractivity contribution in [3.05, 3.63) is 29.6 Å². The predicted octanol–water partition coefficient (Wildman–Crippen LogP) is 5.37. The van der Waals surface area contributed by atoms with Crippen LogP contribution < -0.4 is 0 Å². The average Bonchev–Trinajstić information content (AvgIpc) is 2.43. The molecule has 0 spiro atoms. The van der Waals surface area contributed by atoms with Gasteiger partial charge in [-0.3, -0.25) is 0 Å². The molecule has 0 bridgehead atoms. The van der Waals surface area contributed by atoms with Crippen LogP contribution in [0.1, 0.15) is 62.2 Å². The second-order valence-electron chi connectivity index (χ2n) is 4.92. The lowest BCUT2D eigenvalue weighted by Gasteiger charge is -2.05. The fourth-order valence-corrected chi connectivity index (χ4v) is 2.97. The SMILES string of the molecule is CCCCCCCCCSc1cc(C(=O)O)ccc1F. The summed E-state index contributed by atoms with van der Waals surface area (Å²) < 4.78 is 13.5. The maximum atomic E-state index is 13.5. The van der Waals surface area contributed by atoms with Crippen LogP contribution in [-0.4, -0.2) is 16.8 Å². The van der Waals surface area contributed by atoms with Crippen LogP contribution in [0.2, 0.25) is 0 Å². The zero-order valence-electron chi connectivity index (χ0n) is 12.0. The Morgan fingerprint density at radius 2 is 1.80 bits per heavy atom. The highest BCUT2D eigenvalue weighted by molar-refractivity contribution is 7.99. The fraction of sp³-hybridized carbons (Fsp3) is 0.562. The molecule has 0 aliphatic heterocycles. The van der Waals surface area contributed by atoms with E-state index in [2.05, 4.69) is 6.92 Å². The minimum absolute atomic E-state index is 0.147. The van der Waals surface area contributed by atoms with Gasteiger partial charge >= 0.3 is 5.97 Å². The Balaban J connectivity index is 2.24. The zero-order valence-corrected chi connectivity index (χ0v) is 12.8. The molecule has 20 heavy (non-hydrogen) atoms. The van der Waals surface area contributed by atoms with E-state index in [0.717, 1.165) is 18.6 Å². The maximum absolute atomic E-state index is 13.5. The molecule has 112 valence electrons. The molecule has 1 rings (SSSR count). The molecule has 1 aromatic carbocycles. The van der Waals surface area contributed by atoms with Crippen molar-refractivity contribution in [1.82, 2.24) is 0 Å². The van der Waals surface area contributed by atoms with Gasteiger partial charge in [-0.05, 0) is 30.4 Å². The monoisotopic (exact) mass is 298 g/mol. The Morgan fingerprint density at radius 1 is 1.15 bits per heavy atom. The van der Waals surface area contributed by atoms with Gasteiger partial charge in [0.15, 0.2) is 0 Å². The molecule has 0 fully saturated rings. The second kappa shape index (κ2) is 9.81. The van der Waals surface area contributed by atoms with E-state index in [4.69, 9.17) is 5.11 Å². The third kappa shape index (κ3) is 6.42. The van der Waals surface area contributed by atoms with Crippen LogP contribution in [0.15, 0.2) is 23.1 Å². The number of thioether (sulfide) groups is 1. The van der Waals surface area contributed by atoms with Crippen molar-refractivity contribution in [2.45, 2.75) is 56.8 Å². The zero-order chi connectivity index (χ0) is 14.8. The molecule has 0 unspecified atom stereocenters. The van der Waals surface area contributed by atoms with Crippen LogP contribution >= 0.6 is 11.8 Å². The molecule has 0 aliphatic rings. The number of rotatable bonds is 10. The molecule has 0 amide bonds. The summed E-state index contributed by atoms with van der Waals surface area (Å²) in [7, 11) is 0. The lowest BCUT2D eigenvalue weighted by Crippen LogP contribution is -1.97. The quantitative estimate of drug-likeness (QED) is 0.466. The summed E-state index contributed by atoms with van der Waals surface area (Å²) in [6, 6.07) is 3.95. The first kappa shape index (κ1) is 17.0. The summed E-state index contributed by atoms with van der Waals surface area (Å²) in [4.78, 5) is 11.3. The normalized spacial score (nSPS) is 10.7. The smallest absolute Gasteiger partial charge is 0.335 e. The molecule has 0 atom stereocenters. The van der Waals surface area contributed by atoms with E-state index < -0.39 is 5.97 Å². The number of unbranched alkanes of at least 4 members (excludes halogenated alkanes) is 6. The minimum atomic E-state index is -1.01. The van der Waals surface area contributed by atoms with Gasteiger partial charge in [-0.25, -0.2) is 9.18 Å². The first-order chi connectivity index (χ1) is 9.65. The first-order valence-electron chi connectivity index (χ1n) is 7.30. The third-order valence-corrected chi connectivity index (χ3v) is 4.30. The predicted molar refractivity (Wildman–Crippen MR) is 82.1 cm³/mol. The molecule has 1 aromatic rings. The molecule has 2 nitrogen and oxygen atoms in total. The van der Waals surface area contributed by atoms with Gasteiger partial charge in [0.05, 0.1) is 5.56 Å². The van der Waals surface area contributed by atoms with Crippen molar-refractivity contribution in [2.24, 2.45) is 0 Å². The van der Waals surface area contributed by atoms with Crippen molar-refractivity contribution in [2.75, 3.05) is 5.75 Å². The van der Waals surface area contributed by atoms with Gasteiger partial charge in [-0.1, -0.05) is 45.4 Å². The second-order valence-corrected chi connectivity index (χ2v) is 6.06. The Morgan fingerprint density at radius 3 is 2.45 bits per heavy atom. The van der Waals surface area contributed by atoms with Crippen molar-refractivity contribution in [3.8, 4) is 0 Å². The van der Waals surface area contributed by atoms with E-state index in [1.54, 1.807) is 0 Å². The molecule has 0 aliphatic carbocycles. The minimum Gasteiger partial charge on any atom is -0.478 e. The van der Waals surface area contributed by atoms with Gasteiger partial charge in [0, 0.05) is 4.90 Å². The average molecular weight is 298 g/mol. The molecule has 0 saturated carbocycles. The van der Waals surface area contributed by atoms with Crippen molar-refractivity contribution < 1.29 is 14.3 Å². The summed E-state index contributed by atoms with van der Waals surface area (Å²) in [5, 5.41) is 8.88. The molecular weight excluding hydrogens is 275 g/mol. The van der Waals surface area contributed by atoms with E-state index in [0.29, 0.717) is 4.90 Å². The van der Waals surface area contributed by atoms with E-state index in [1.807, 2.05) is 0 Å². The number of halogens is 1. The Labute approximate surface area is 124 Å². The molecule has 0 heterocycles. The van der Waals surface area contributed by atoms with Crippen molar-refractivity contribution >= 4 is 17.7 Å². The van der Waals surface area contributed by atoms with Crippen LogP contribution in [0.25, 0.3) is 0 Å².